The minimum absolute atomic E-state index is 0.226. The second kappa shape index (κ2) is 5.14. The molecule has 4 nitrogen and oxygen atoms in total. The van der Waals surface area contributed by atoms with Crippen LogP contribution in [0.1, 0.15) is 13.3 Å². The minimum atomic E-state index is 0.226. The van der Waals surface area contributed by atoms with E-state index in [-0.39, 0.29) is 5.84 Å². The van der Waals surface area contributed by atoms with Gasteiger partial charge in [-0.15, -0.1) is 0 Å². The van der Waals surface area contributed by atoms with E-state index in [2.05, 4.69) is 22.9 Å². The van der Waals surface area contributed by atoms with E-state index in [0.717, 1.165) is 23.7 Å². The molecule has 5 heteroatoms. The first-order valence-electron chi connectivity index (χ1n) is 5.64. The van der Waals surface area contributed by atoms with Gasteiger partial charge in [0.1, 0.15) is 0 Å². The second-order valence-electron chi connectivity index (χ2n) is 3.82. The number of hydrogen-bond acceptors (Lipinski definition) is 4. The number of rotatable bonds is 5. The van der Waals surface area contributed by atoms with E-state index in [1.54, 1.807) is 11.3 Å². The fourth-order valence-corrected chi connectivity index (χ4v) is 2.69. The maximum Gasteiger partial charge on any atom is 0.186 e. The predicted octanol–water partition coefficient (Wildman–Crippen LogP) is 2.45. The Hall–Kier alpha value is -1.62. The van der Waals surface area contributed by atoms with Crippen molar-refractivity contribution < 1.29 is 0 Å². The number of nitrogens with zero attached hydrogens (tertiary/aromatic N) is 2. The zero-order valence-corrected chi connectivity index (χ0v) is 10.6. The van der Waals surface area contributed by atoms with E-state index >= 15 is 0 Å². The fraction of sp³-hybridized carbons (Fsp3) is 0.333. The molecular weight excluding hydrogens is 232 g/mol. The van der Waals surface area contributed by atoms with Crippen molar-refractivity contribution in [3.05, 3.63) is 24.3 Å². The molecule has 0 spiro atoms. The van der Waals surface area contributed by atoms with Gasteiger partial charge in [-0.2, -0.15) is 0 Å². The van der Waals surface area contributed by atoms with Crippen molar-refractivity contribution in [2.45, 2.75) is 13.3 Å². The number of aromatic nitrogens is 1. The molecule has 2 aromatic rings. The first-order valence-corrected chi connectivity index (χ1v) is 6.45. The Morgan fingerprint density at radius 1 is 1.47 bits per heavy atom. The van der Waals surface area contributed by atoms with Crippen molar-refractivity contribution in [3.8, 4) is 0 Å². The van der Waals surface area contributed by atoms with Gasteiger partial charge in [0.25, 0.3) is 0 Å². The molecule has 0 unspecified atom stereocenters. The average molecular weight is 248 g/mol. The molecular formula is C12H16N4S. The summed E-state index contributed by atoms with van der Waals surface area (Å²) in [6, 6.07) is 8.12. The van der Waals surface area contributed by atoms with Crippen LogP contribution in [0.15, 0.2) is 24.3 Å². The lowest BCUT2D eigenvalue weighted by Crippen LogP contribution is -2.27. The normalized spacial score (nSPS) is 10.6. The fourth-order valence-electron chi connectivity index (χ4n) is 1.64. The third-order valence-electron chi connectivity index (χ3n) is 2.59. The first-order chi connectivity index (χ1) is 8.20. The van der Waals surface area contributed by atoms with Crippen LogP contribution in [0.3, 0.4) is 0 Å². The van der Waals surface area contributed by atoms with Gasteiger partial charge in [-0.05, 0) is 19.1 Å². The summed E-state index contributed by atoms with van der Waals surface area (Å²) in [6.07, 6.45) is 0.587. The van der Waals surface area contributed by atoms with Gasteiger partial charge in [-0.25, -0.2) is 4.98 Å². The Labute approximate surface area is 105 Å². The molecule has 90 valence electrons. The van der Waals surface area contributed by atoms with Crippen LogP contribution < -0.4 is 10.6 Å². The number of nitrogens with two attached hydrogens (primary N) is 1. The van der Waals surface area contributed by atoms with Crippen LogP contribution >= 0.6 is 11.3 Å². The summed E-state index contributed by atoms with van der Waals surface area (Å²) in [6.45, 7) is 3.73. The molecule has 3 N–H and O–H groups in total. The maximum atomic E-state index is 7.27. The highest BCUT2D eigenvalue weighted by molar-refractivity contribution is 7.22. The Morgan fingerprint density at radius 2 is 2.24 bits per heavy atom. The summed E-state index contributed by atoms with van der Waals surface area (Å²) in [5, 5.41) is 8.28. The van der Waals surface area contributed by atoms with Crippen LogP contribution in [0.2, 0.25) is 0 Å². The predicted molar refractivity (Wildman–Crippen MR) is 74.0 cm³/mol. The van der Waals surface area contributed by atoms with Gasteiger partial charge in [0.15, 0.2) is 5.13 Å². The van der Waals surface area contributed by atoms with Crippen LogP contribution in [0.4, 0.5) is 5.13 Å². The van der Waals surface area contributed by atoms with E-state index in [1.165, 1.54) is 4.70 Å². The number of amidine groups is 1. The van der Waals surface area contributed by atoms with Crippen LogP contribution in [0.5, 0.6) is 0 Å². The van der Waals surface area contributed by atoms with Crippen molar-refractivity contribution in [2.75, 3.05) is 18.0 Å². The van der Waals surface area contributed by atoms with E-state index in [1.807, 2.05) is 18.2 Å². The number of thiazole rings is 1. The Kier molecular flexibility index (Phi) is 3.58. The van der Waals surface area contributed by atoms with Gasteiger partial charge in [0, 0.05) is 19.5 Å². The molecule has 0 saturated carbocycles. The number of hydrogen-bond donors (Lipinski definition) is 2. The van der Waals surface area contributed by atoms with E-state index in [4.69, 9.17) is 11.1 Å². The molecule has 0 atom stereocenters. The molecule has 1 aromatic carbocycles. The molecule has 0 aliphatic heterocycles. The monoisotopic (exact) mass is 248 g/mol. The number of para-hydroxylation sites is 1. The smallest absolute Gasteiger partial charge is 0.186 e. The van der Waals surface area contributed by atoms with E-state index in [9.17, 15) is 0 Å². The molecule has 1 heterocycles. The van der Waals surface area contributed by atoms with Crippen molar-refractivity contribution in [1.29, 1.82) is 5.41 Å². The maximum absolute atomic E-state index is 7.27. The molecule has 0 radical (unpaired) electrons. The largest absolute Gasteiger partial charge is 0.388 e. The Morgan fingerprint density at radius 3 is 2.88 bits per heavy atom. The van der Waals surface area contributed by atoms with Crippen molar-refractivity contribution in [2.24, 2.45) is 5.73 Å². The lowest BCUT2D eigenvalue weighted by atomic mass is 10.3. The SMILES string of the molecule is CCN(CCC(=N)N)c1nc2ccccc2s1. The van der Waals surface area contributed by atoms with E-state index < -0.39 is 0 Å². The third-order valence-corrected chi connectivity index (χ3v) is 3.68. The van der Waals surface area contributed by atoms with Crippen molar-refractivity contribution in [1.82, 2.24) is 4.98 Å². The lowest BCUT2D eigenvalue weighted by molar-refractivity contribution is 0.828. The summed E-state index contributed by atoms with van der Waals surface area (Å²) in [4.78, 5) is 6.75. The second-order valence-corrected chi connectivity index (χ2v) is 4.83. The van der Waals surface area contributed by atoms with Gasteiger partial charge in [-0.1, -0.05) is 23.5 Å². The van der Waals surface area contributed by atoms with Gasteiger partial charge in [-0.3, -0.25) is 5.41 Å². The van der Waals surface area contributed by atoms with Crippen molar-refractivity contribution in [3.63, 3.8) is 0 Å². The van der Waals surface area contributed by atoms with Gasteiger partial charge >= 0.3 is 0 Å². The zero-order valence-electron chi connectivity index (χ0n) is 9.81. The average Bonchev–Trinajstić information content (AvgIpc) is 2.72. The van der Waals surface area contributed by atoms with Crippen LogP contribution in [0, 0.1) is 5.41 Å². The number of nitrogens with one attached hydrogen (secondary N) is 1. The van der Waals surface area contributed by atoms with Gasteiger partial charge < -0.3 is 10.6 Å². The van der Waals surface area contributed by atoms with Crippen LogP contribution in [-0.4, -0.2) is 23.9 Å². The molecule has 0 saturated heterocycles. The summed E-state index contributed by atoms with van der Waals surface area (Å²) < 4.78 is 1.20. The highest BCUT2D eigenvalue weighted by Gasteiger charge is 2.10. The Balaban J connectivity index is 2.21. The quantitative estimate of drug-likeness (QED) is 0.631. The molecule has 1 aromatic heterocycles. The molecule has 2 rings (SSSR count). The summed E-state index contributed by atoms with van der Waals surface area (Å²) >= 11 is 1.69. The molecule has 0 amide bonds. The van der Waals surface area contributed by atoms with Gasteiger partial charge in [0.05, 0.1) is 16.1 Å². The minimum Gasteiger partial charge on any atom is -0.388 e. The lowest BCUT2D eigenvalue weighted by Gasteiger charge is -2.18. The molecule has 0 aliphatic carbocycles. The van der Waals surface area contributed by atoms with Crippen molar-refractivity contribution >= 4 is 32.5 Å². The number of benzene rings is 1. The number of fused-ring (bicyclic) bond motifs is 1. The molecule has 17 heavy (non-hydrogen) atoms. The highest BCUT2D eigenvalue weighted by atomic mass is 32.1. The summed E-state index contributed by atoms with van der Waals surface area (Å²) in [7, 11) is 0. The molecule has 0 bridgehead atoms. The Bertz CT molecular complexity index is 487. The highest BCUT2D eigenvalue weighted by Crippen LogP contribution is 2.28. The topological polar surface area (TPSA) is 66.0 Å². The van der Waals surface area contributed by atoms with E-state index in [0.29, 0.717) is 6.42 Å². The summed E-state index contributed by atoms with van der Waals surface area (Å²) in [5.41, 5.74) is 6.42. The standard InChI is InChI=1S/C12H16N4S/c1-2-16(8-7-11(13)14)12-15-9-5-3-4-6-10(9)17-12/h3-6H,2,7-8H2,1H3,(H3,13,14). The molecule has 0 fully saturated rings. The van der Waals surface area contributed by atoms with Crippen LogP contribution in [0.25, 0.3) is 10.2 Å². The third kappa shape index (κ3) is 2.74. The number of anilines is 1. The summed E-state index contributed by atoms with van der Waals surface area (Å²) in [5.74, 6) is 0.226. The van der Waals surface area contributed by atoms with Crippen LogP contribution in [-0.2, 0) is 0 Å². The van der Waals surface area contributed by atoms with Gasteiger partial charge in [0.2, 0.25) is 0 Å². The molecule has 0 aliphatic rings. The first kappa shape index (κ1) is 11.9. The zero-order chi connectivity index (χ0) is 12.3.